The molecule has 0 radical (unpaired) electrons. The summed E-state index contributed by atoms with van der Waals surface area (Å²) in [7, 11) is 0. The number of aryl methyl sites for hydroxylation is 2. The lowest BCUT2D eigenvalue weighted by atomic mass is 9.80. The third-order valence-electron chi connectivity index (χ3n) is 2.88. The van der Waals surface area contributed by atoms with E-state index in [0.717, 1.165) is 29.8 Å². The van der Waals surface area contributed by atoms with Gasteiger partial charge in [0.25, 0.3) is 0 Å². The molecule has 0 saturated carbocycles. The summed E-state index contributed by atoms with van der Waals surface area (Å²) in [5.41, 5.74) is 8.90. The van der Waals surface area contributed by atoms with Crippen LogP contribution in [-0.4, -0.2) is 13.1 Å². The fraction of sp³-hybridized carbons (Fsp3) is 0.455. The van der Waals surface area contributed by atoms with Gasteiger partial charge in [-0.3, -0.25) is 0 Å². The van der Waals surface area contributed by atoms with Crippen LogP contribution in [0.2, 0.25) is 0 Å². The molecule has 1 heterocycles. The highest BCUT2D eigenvalue weighted by Crippen LogP contribution is 2.29. The zero-order chi connectivity index (χ0) is 10.3. The average molecular weight is 194 g/mol. The molecular weight excluding hydrogens is 179 g/mol. The Labute approximate surface area is 83.3 Å². The van der Waals surface area contributed by atoms with Gasteiger partial charge in [-0.25, -0.2) is 4.39 Å². The molecule has 0 unspecified atom stereocenters. The van der Waals surface area contributed by atoms with Crippen molar-refractivity contribution < 1.29 is 4.39 Å². The summed E-state index contributed by atoms with van der Waals surface area (Å²) in [6.07, 6.45) is 0. The molecule has 1 aromatic carbocycles. The van der Waals surface area contributed by atoms with Crippen molar-refractivity contribution in [3.8, 4) is 0 Å². The minimum absolute atomic E-state index is 0.181. The van der Waals surface area contributed by atoms with E-state index in [2.05, 4.69) is 5.32 Å². The standard InChI is InChI=1S/C11H15FN2/c1-7-3-9(12)4-8(2)10(7)11(13)5-14-6-11/h3-4,14H,5-6,13H2,1-2H3. The first-order chi connectivity index (χ1) is 6.53. The maximum absolute atomic E-state index is 13.1. The van der Waals surface area contributed by atoms with E-state index in [4.69, 9.17) is 5.73 Å². The number of nitrogens with two attached hydrogens (primary N) is 1. The van der Waals surface area contributed by atoms with Crippen molar-refractivity contribution >= 4 is 0 Å². The molecule has 0 bridgehead atoms. The van der Waals surface area contributed by atoms with E-state index in [1.807, 2.05) is 13.8 Å². The van der Waals surface area contributed by atoms with E-state index in [1.54, 1.807) is 12.1 Å². The first-order valence-electron chi connectivity index (χ1n) is 4.80. The van der Waals surface area contributed by atoms with E-state index in [0.29, 0.717) is 0 Å². The van der Waals surface area contributed by atoms with Gasteiger partial charge in [-0.1, -0.05) is 0 Å². The second-order valence-corrected chi connectivity index (χ2v) is 4.17. The molecule has 1 aliphatic heterocycles. The molecule has 1 aromatic rings. The third kappa shape index (κ3) is 1.33. The van der Waals surface area contributed by atoms with E-state index in [-0.39, 0.29) is 11.4 Å². The van der Waals surface area contributed by atoms with Crippen LogP contribution in [0.4, 0.5) is 4.39 Å². The van der Waals surface area contributed by atoms with Crippen LogP contribution >= 0.6 is 0 Å². The predicted octanol–water partition coefficient (Wildman–Crippen LogP) is 1.20. The van der Waals surface area contributed by atoms with Gasteiger partial charge in [0, 0.05) is 13.1 Å². The van der Waals surface area contributed by atoms with E-state index in [9.17, 15) is 4.39 Å². The summed E-state index contributed by atoms with van der Waals surface area (Å²) in [4.78, 5) is 0. The Morgan fingerprint density at radius 3 is 2.14 bits per heavy atom. The molecule has 2 rings (SSSR count). The van der Waals surface area contributed by atoms with Crippen molar-refractivity contribution in [2.24, 2.45) is 5.73 Å². The lowest BCUT2D eigenvalue weighted by Gasteiger charge is -2.41. The molecule has 0 aliphatic carbocycles. The molecule has 3 N–H and O–H groups in total. The zero-order valence-corrected chi connectivity index (χ0v) is 8.52. The molecule has 0 atom stereocenters. The zero-order valence-electron chi connectivity index (χ0n) is 8.52. The molecule has 2 nitrogen and oxygen atoms in total. The molecule has 76 valence electrons. The van der Waals surface area contributed by atoms with Crippen molar-refractivity contribution in [3.63, 3.8) is 0 Å². The molecule has 14 heavy (non-hydrogen) atoms. The molecule has 0 spiro atoms. The predicted molar refractivity (Wildman–Crippen MR) is 54.6 cm³/mol. The Balaban J connectivity index is 2.52. The first-order valence-corrected chi connectivity index (χ1v) is 4.80. The molecule has 0 aromatic heterocycles. The Morgan fingerprint density at radius 1 is 1.29 bits per heavy atom. The van der Waals surface area contributed by atoms with Gasteiger partial charge in [0.05, 0.1) is 5.54 Å². The molecular formula is C11H15FN2. The van der Waals surface area contributed by atoms with Gasteiger partial charge >= 0.3 is 0 Å². The van der Waals surface area contributed by atoms with Gasteiger partial charge < -0.3 is 11.1 Å². The van der Waals surface area contributed by atoms with Crippen LogP contribution in [0.5, 0.6) is 0 Å². The van der Waals surface area contributed by atoms with Crippen LogP contribution in [0.3, 0.4) is 0 Å². The van der Waals surface area contributed by atoms with Gasteiger partial charge in [0.1, 0.15) is 5.82 Å². The monoisotopic (exact) mass is 194 g/mol. The van der Waals surface area contributed by atoms with Gasteiger partial charge in [-0.2, -0.15) is 0 Å². The number of hydrogen-bond donors (Lipinski definition) is 2. The average Bonchev–Trinajstić information content (AvgIpc) is 1.99. The first kappa shape index (κ1) is 9.62. The lowest BCUT2D eigenvalue weighted by molar-refractivity contribution is 0.284. The van der Waals surface area contributed by atoms with Gasteiger partial charge in [0.2, 0.25) is 0 Å². The number of halogens is 1. The topological polar surface area (TPSA) is 38.0 Å². The maximum atomic E-state index is 13.1. The molecule has 3 heteroatoms. The summed E-state index contributed by atoms with van der Waals surface area (Å²) in [5.74, 6) is -0.181. The van der Waals surface area contributed by atoms with Gasteiger partial charge in [-0.05, 0) is 42.7 Å². The van der Waals surface area contributed by atoms with Crippen LogP contribution in [-0.2, 0) is 5.54 Å². The highest BCUT2D eigenvalue weighted by molar-refractivity contribution is 5.41. The minimum Gasteiger partial charge on any atom is -0.319 e. The van der Waals surface area contributed by atoms with Crippen molar-refractivity contribution in [3.05, 3.63) is 34.6 Å². The normalized spacial score (nSPS) is 19.1. The molecule has 1 aliphatic rings. The molecule has 1 fully saturated rings. The Hall–Kier alpha value is -0.930. The molecule has 0 amide bonds. The quantitative estimate of drug-likeness (QED) is 0.705. The largest absolute Gasteiger partial charge is 0.319 e. The summed E-state index contributed by atoms with van der Waals surface area (Å²) in [6.45, 7) is 5.39. The van der Waals surface area contributed by atoms with Crippen molar-refractivity contribution in [2.75, 3.05) is 13.1 Å². The lowest BCUT2D eigenvalue weighted by Crippen LogP contribution is -2.63. The summed E-state index contributed by atoms with van der Waals surface area (Å²) in [5, 5.41) is 3.15. The van der Waals surface area contributed by atoms with Crippen LogP contribution in [0.25, 0.3) is 0 Å². The van der Waals surface area contributed by atoms with Crippen LogP contribution in [0.15, 0.2) is 12.1 Å². The number of benzene rings is 1. The third-order valence-corrected chi connectivity index (χ3v) is 2.88. The van der Waals surface area contributed by atoms with Crippen LogP contribution in [0.1, 0.15) is 16.7 Å². The SMILES string of the molecule is Cc1cc(F)cc(C)c1C1(N)CNC1. The second kappa shape index (κ2) is 3.04. The molecule has 1 saturated heterocycles. The minimum atomic E-state index is -0.290. The highest BCUT2D eigenvalue weighted by Gasteiger charge is 2.36. The smallest absolute Gasteiger partial charge is 0.123 e. The second-order valence-electron chi connectivity index (χ2n) is 4.17. The Morgan fingerprint density at radius 2 is 1.79 bits per heavy atom. The fourth-order valence-corrected chi connectivity index (χ4v) is 2.27. The summed E-state index contributed by atoms with van der Waals surface area (Å²) >= 11 is 0. The van der Waals surface area contributed by atoms with E-state index >= 15 is 0 Å². The van der Waals surface area contributed by atoms with Crippen LogP contribution in [0, 0.1) is 19.7 Å². The Kier molecular flexibility index (Phi) is 2.09. The van der Waals surface area contributed by atoms with Gasteiger partial charge in [-0.15, -0.1) is 0 Å². The van der Waals surface area contributed by atoms with Gasteiger partial charge in [0.15, 0.2) is 0 Å². The number of hydrogen-bond acceptors (Lipinski definition) is 2. The highest BCUT2D eigenvalue weighted by atomic mass is 19.1. The van der Waals surface area contributed by atoms with Crippen molar-refractivity contribution in [2.45, 2.75) is 19.4 Å². The van der Waals surface area contributed by atoms with E-state index < -0.39 is 0 Å². The fourth-order valence-electron chi connectivity index (χ4n) is 2.27. The van der Waals surface area contributed by atoms with Crippen LogP contribution < -0.4 is 11.1 Å². The summed E-state index contributed by atoms with van der Waals surface area (Å²) in [6, 6.07) is 3.10. The number of nitrogens with one attached hydrogen (secondary N) is 1. The Bertz CT molecular complexity index is 347. The van der Waals surface area contributed by atoms with Crippen molar-refractivity contribution in [1.82, 2.24) is 5.32 Å². The van der Waals surface area contributed by atoms with Crippen molar-refractivity contribution in [1.29, 1.82) is 0 Å². The summed E-state index contributed by atoms with van der Waals surface area (Å²) < 4.78 is 13.1. The maximum Gasteiger partial charge on any atom is 0.123 e. The number of rotatable bonds is 1. The van der Waals surface area contributed by atoms with E-state index in [1.165, 1.54) is 0 Å².